The molecule has 0 spiro atoms. The monoisotopic (exact) mass is 198 g/mol. The normalized spacial score (nSPS) is 10.1. The molecule has 0 saturated carbocycles. The molecule has 0 atom stereocenters. The third-order valence-electron chi connectivity index (χ3n) is 1.71. The zero-order valence-electron chi connectivity index (χ0n) is 8.99. The van der Waals surface area contributed by atoms with Crippen LogP contribution in [0.25, 0.3) is 0 Å². The number of thioether (sulfide) groups is 1. The molecular weight excluding hydrogens is 183 g/mol. The van der Waals surface area contributed by atoms with Gasteiger partial charge in [-0.05, 0) is 4.90 Å². The van der Waals surface area contributed by atoms with E-state index < -0.39 is 0 Å². The molecule has 0 aliphatic heterocycles. The van der Waals surface area contributed by atoms with Gasteiger partial charge in [-0.25, -0.2) is 0 Å². The van der Waals surface area contributed by atoms with Gasteiger partial charge < -0.3 is 17.2 Å². The largest absolute Gasteiger partial charge is 1.00 e. The van der Waals surface area contributed by atoms with Crippen molar-refractivity contribution in [2.24, 2.45) is 0 Å². The van der Waals surface area contributed by atoms with Crippen LogP contribution in [0.2, 0.25) is 0 Å². The van der Waals surface area contributed by atoms with Crippen LogP contribution in [0, 0.1) is 5.41 Å². The molecule has 1 aromatic rings. The molecule has 0 heterocycles. The van der Waals surface area contributed by atoms with Crippen LogP contribution in [0.4, 0.5) is 0 Å². The Kier molecular flexibility index (Phi) is 9.40. The number of hydrogen-bond donors (Lipinski definition) is 0. The standard InChI is InChI=1S/C12H15S.Li/c1-2-3-4-8-11-13-12-9-6-5-7-10-12;/h5-10H,2-4H2,1H3;/q-1;+1. The average molecular weight is 198 g/mol. The summed E-state index contributed by atoms with van der Waals surface area (Å²) in [4.78, 5) is 1.26. The zero-order chi connectivity index (χ0) is 9.36. The Bertz CT molecular complexity index is 244. The molecule has 14 heavy (non-hydrogen) atoms. The van der Waals surface area contributed by atoms with Gasteiger partial charge in [-0.1, -0.05) is 56.5 Å². The van der Waals surface area contributed by atoms with Gasteiger partial charge in [-0.15, -0.1) is 0 Å². The molecule has 0 aliphatic carbocycles. The maximum Gasteiger partial charge on any atom is 1.00 e. The van der Waals surface area contributed by atoms with E-state index >= 15 is 0 Å². The van der Waals surface area contributed by atoms with Crippen LogP contribution in [0.5, 0.6) is 0 Å². The molecule has 0 bridgehead atoms. The summed E-state index contributed by atoms with van der Waals surface area (Å²) in [7, 11) is 0. The van der Waals surface area contributed by atoms with Crippen LogP contribution in [-0.4, -0.2) is 0 Å². The van der Waals surface area contributed by atoms with Crippen LogP contribution < -0.4 is 18.9 Å². The minimum absolute atomic E-state index is 0. The van der Waals surface area contributed by atoms with Gasteiger partial charge in [0.1, 0.15) is 0 Å². The minimum atomic E-state index is 0. The topological polar surface area (TPSA) is 0 Å². The number of allylic oxidation sites excluding steroid dienone is 1. The van der Waals surface area contributed by atoms with Gasteiger partial charge >= 0.3 is 18.9 Å². The van der Waals surface area contributed by atoms with Gasteiger partial charge in [0.2, 0.25) is 0 Å². The molecule has 0 nitrogen and oxygen atoms in total. The Morgan fingerprint density at radius 2 is 2.00 bits per heavy atom. The van der Waals surface area contributed by atoms with Gasteiger partial charge in [0.15, 0.2) is 0 Å². The van der Waals surface area contributed by atoms with Crippen molar-refractivity contribution in [3.05, 3.63) is 41.8 Å². The molecule has 1 aromatic carbocycles. The predicted molar refractivity (Wildman–Crippen MR) is 59.6 cm³/mol. The molecule has 0 N–H and O–H groups in total. The quantitative estimate of drug-likeness (QED) is 0.297. The summed E-state index contributed by atoms with van der Waals surface area (Å²) in [6.07, 6.45) is 5.80. The Balaban J connectivity index is 0.00000169. The second kappa shape index (κ2) is 9.46. The van der Waals surface area contributed by atoms with Gasteiger partial charge in [0.05, 0.1) is 0 Å². The van der Waals surface area contributed by atoms with E-state index in [1.54, 1.807) is 11.8 Å². The molecule has 0 fully saturated rings. The predicted octanol–water partition coefficient (Wildman–Crippen LogP) is 1.29. The number of benzene rings is 1. The summed E-state index contributed by atoms with van der Waals surface area (Å²) in [5, 5.41) is 3.23. The number of hydrogen-bond acceptors (Lipinski definition) is 1. The molecule has 1 rings (SSSR count). The minimum Gasteiger partial charge on any atom is -0.432 e. The van der Waals surface area contributed by atoms with E-state index in [0.29, 0.717) is 0 Å². The van der Waals surface area contributed by atoms with Gasteiger partial charge in [-0.2, -0.15) is 0 Å². The Hall–Kier alpha value is -0.0926. The van der Waals surface area contributed by atoms with E-state index in [1.807, 2.05) is 6.07 Å². The van der Waals surface area contributed by atoms with E-state index in [4.69, 9.17) is 0 Å². The second-order valence-electron chi connectivity index (χ2n) is 2.88. The van der Waals surface area contributed by atoms with E-state index in [-0.39, 0.29) is 18.9 Å². The van der Waals surface area contributed by atoms with Crippen LogP contribution in [-0.2, 0) is 0 Å². The molecule has 0 amide bonds. The zero-order valence-corrected chi connectivity index (χ0v) is 9.81. The maximum absolute atomic E-state index is 3.23. The van der Waals surface area contributed by atoms with Crippen molar-refractivity contribution in [2.75, 3.05) is 0 Å². The Morgan fingerprint density at radius 3 is 2.64 bits per heavy atom. The molecule has 70 valence electrons. The van der Waals surface area contributed by atoms with E-state index in [9.17, 15) is 0 Å². The molecule has 0 radical (unpaired) electrons. The fourth-order valence-electron chi connectivity index (χ4n) is 0.963. The summed E-state index contributed by atoms with van der Waals surface area (Å²) < 4.78 is 0. The van der Waals surface area contributed by atoms with E-state index in [1.165, 1.54) is 17.7 Å². The number of rotatable bonds is 5. The fourth-order valence-corrected chi connectivity index (χ4v) is 1.59. The van der Waals surface area contributed by atoms with Crippen LogP contribution in [0.3, 0.4) is 0 Å². The summed E-state index contributed by atoms with van der Waals surface area (Å²) in [5.74, 6) is 0. The van der Waals surface area contributed by atoms with Crippen molar-refractivity contribution >= 4 is 11.8 Å². The molecule has 0 saturated heterocycles. The van der Waals surface area contributed by atoms with Crippen molar-refractivity contribution in [3.63, 3.8) is 0 Å². The summed E-state index contributed by atoms with van der Waals surface area (Å²) >= 11 is 1.67. The van der Waals surface area contributed by atoms with Crippen molar-refractivity contribution in [1.29, 1.82) is 0 Å². The summed E-state index contributed by atoms with van der Waals surface area (Å²) in [6.45, 7) is 2.21. The number of unbranched alkanes of at least 4 members (excludes halogenated alkanes) is 2. The van der Waals surface area contributed by atoms with Crippen LogP contribution in [0.15, 0.2) is 41.3 Å². The van der Waals surface area contributed by atoms with E-state index in [2.05, 4.69) is 42.7 Å². The fraction of sp³-hybridized carbons (Fsp3) is 0.333. The van der Waals surface area contributed by atoms with Crippen molar-refractivity contribution in [3.8, 4) is 0 Å². The first kappa shape index (κ1) is 13.9. The van der Waals surface area contributed by atoms with Gasteiger partial charge in [0.25, 0.3) is 0 Å². The third kappa shape index (κ3) is 6.37. The summed E-state index contributed by atoms with van der Waals surface area (Å²) in [5.41, 5.74) is 0. The van der Waals surface area contributed by atoms with Gasteiger partial charge in [0, 0.05) is 0 Å². The first-order valence-electron chi connectivity index (χ1n) is 4.72. The molecule has 2 heteroatoms. The molecule has 0 unspecified atom stereocenters. The Labute approximate surface area is 103 Å². The molecule has 0 aromatic heterocycles. The third-order valence-corrected chi connectivity index (χ3v) is 2.50. The van der Waals surface area contributed by atoms with Crippen molar-refractivity contribution in [1.82, 2.24) is 0 Å². The first-order valence-corrected chi connectivity index (χ1v) is 5.54. The van der Waals surface area contributed by atoms with Crippen LogP contribution >= 0.6 is 11.8 Å². The van der Waals surface area contributed by atoms with Crippen LogP contribution in [0.1, 0.15) is 26.2 Å². The smallest absolute Gasteiger partial charge is 0.432 e. The Morgan fingerprint density at radius 1 is 1.29 bits per heavy atom. The first-order chi connectivity index (χ1) is 6.43. The van der Waals surface area contributed by atoms with Gasteiger partial charge in [-0.3, -0.25) is 6.08 Å². The summed E-state index contributed by atoms with van der Waals surface area (Å²) in [6, 6.07) is 10.3. The van der Waals surface area contributed by atoms with Crippen molar-refractivity contribution < 1.29 is 18.9 Å². The maximum atomic E-state index is 3.23. The van der Waals surface area contributed by atoms with E-state index in [0.717, 1.165) is 6.42 Å². The second-order valence-corrected chi connectivity index (χ2v) is 3.79. The molecular formula is C12H15LiS. The average Bonchev–Trinajstić information content (AvgIpc) is 2.19. The molecule has 0 aliphatic rings. The SMILES string of the molecule is CCCCC=[C-]Sc1ccccc1.[Li+]. The van der Waals surface area contributed by atoms with Crippen molar-refractivity contribution in [2.45, 2.75) is 31.1 Å².